The van der Waals surface area contributed by atoms with Gasteiger partial charge in [-0.3, -0.25) is 0 Å². The van der Waals surface area contributed by atoms with E-state index in [4.69, 9.17) is 5.73 Å². The average molecular weight is 217 g/mol. The third-order valence-electron chi connectivity index (χ3n) is 3.46. The molecule has 0 aromatic rings. The molecule has 0 bridgehead atoms. The first kappa shape index (κ1) is 12.3. The summed E-state index contributed by atoms with van der Waals surface area (Å²) in [6, 6.07) is 0. The Morgan fingerprint density at radius 2 is 2.29 bits per heavy atom. The van der Waals surface area contributed by atoms with Crippen LogP contribution in [0.2, 0.25) is 0 Å². The van der Waals surface area contributed by atoms with Crippen molar-refractivity contribution >= 4 is 11.8 Å². The van der Waals surface area contributed by atoms with Gasteiger partial charge in [0.05, 0.1) is 6.10 Å². The molecule has 1 aliphatic carbocycles. The van der Waals surface area contributed by atoms with Crippen LogP contribution in [0.4, 0.5) is 0 Å². The third-order valence-corrected chi connectivity index (χ3v) is 4.37. The molecule has 2 atom stereocenters. The second-order valence-corrected chi connectivity index (χ2v) is 5.67. The van der Waals surface area contributed by atoms with Gasteiger partial charge in [0.25, 0.3) is 0 Å². The van der Waals surface area contributed by atoms with Crippen molar-refractivity contribution in [2.75, 3.05) is 18.1 Å². The molecule has 0 amide bonds. The van der Waals surface area contributed by atoms with E-state index in [9.17, 15) is 5.11 Å². The Hall–Kier alpha value is 0.270. The zero-order chi connectivity index (χ0) is 10.4. The van der Waals surface area contributed by atoms with E-state index in [0.717, 1.165) is 30.8 Å². The maximum absolute atomic E-state index is 10.0. The van der Waals surface area contributed by atoms with Crippen molar-refractivity contribution in [2.24, 2.45) is 11.1 Å². The maximum atomic E-state index is 10.0. The molecule has 3 N–H and O–H groups in total. The largest absolute Gasteiger partial charge is 0.393 e. The van der Waals surface area contributed by atoms with Gasteiger partial charge in [0.1, 0.15) is 0 Å². The summed E-state index contributed by atoms with van der Waals surface area (Å²) in [5.74, 6) is 2.31. The molecule has 0 aliphatic heterocycles. The monoisotopic (exact) mass is 217 g/mol. The number of hydrogen-bond donors (Lipinski definition) is 2. The molecular formula is C11H23NOS. The molecule has 0 saturated heterocycles. The lowest BCUT2D eigenvalue weighted by molar-refractivity contribution is -0.00777. The van der Waals surface area contributed by atoms with Crippen LogP contribution < -0.4 is 5.73 Å². The van der Waals surface area contributed by atoms with Crippen LogP contribution in [0.3, 0.4) is 0 Å². The van der Waals surface area contributed by atoms with E-state index in [2.05, 4.69) is 6.92 Å². The first-order valence-electron chi connectivity index (χ1n) is 5.71. The minimum atomic E-state index is -0.154. The highest BCUT2D eigenvalue weighted by Gasteiger charge is 2.37. The summed E-state index contributed by atoms with van der Waals surface area (Å²) in [6.45, 7) is 2.83. The van der Waals surface area contributed by atoms with Crippen molar-refractivity contribution in [3.63, 3.8) is 0 Å². The maximum Gasteiger partial charge on any atom is 0.0608 e. The van der Waals surface area contributed by atoms with Gasteiger partial charge in [-0.15, -0.1) is 0 Å². The first-order valence-corrected chi connectivity index (χ1v) is 6.86. The second kappa shape index (κ2) is 5.99. The molecule has 0 aromatic heterocycles. The highest BCUT2D eigenvalue weighted by atomic mass is 32.2. The lowest BCUT2D eigenvalue weighted by Crippen LogP contribution is -2.44. The van der Waals surface area contributed by atoms with E-state index >= 15 is 0 Å². The Bertz CT molecular complexity index is 165. The van der Waals surface area contributed by atoms with Crippen molar-refractivity contribution in [1.82, 2.24) is 0 Å². The normalized spacial score (nSPS) is 33.2. The van der Waals surface area contributed by atoms with E-state index < -0.39 is 0 Å². The highest BCUT2D eigenvalue weighted by molar-refractivity contribution is 7.99. The van der Waals surface area contributed by atoms with Gasteiger partial charge < -0.3 is 10.8 Å². The fourth-order valence-corrected chi connectivity index (χ4v) is 3.18. The minimum absolute atomic E-state index is 0.0421. The first-order chi connectivity index (χ1) is 6.75. The van der Waals surface area contributed by atoms with Crippen molar-refractivity contribution in [3.8, 4) is 0 Å². The number of hydrogen-bond acceptors (Lipinski definition) is 3. The van der Waals surface area contributed by atoms with Gasteiger partial charge >= 0.3 is 0 Å². The summed E-state index contributed by atoms with van der Waals surface area (Å²) in [4.78, 5) is 0. The Morgan fingerprint density at radius 1 is 1.50 bits per heavy atom. The van der Waals surface area contributed by atoms with Crippen molar-refractivity contribution in [3.05, 3.63) is 0 Å². The zero-order valence-electron chi connectivity index (χ0n) is 9.17. The molecule has 1 aliphatic rings. The molecule has 84 valence electrons. The molecule has 0 spiro atoms. The van der Waals surface area contributed by atoms with E-state index in [1.54, 1.807) is 0 Å². The number of aliphatic hydroxyl groups excluding tert-OH is 1. The van der Waals surface area contributed by atoms with Crippen molar-refractivity contribution in [1.29, 1.82) is 0 Å². The molecule has 2 nitrogen and oxygen atoms in total. The molecule has 3 heteroatoms. The van der Waals surface area contributed by atoms with Gasteiger partial charge in [0.15, 0.2) is 0 Å². The second-order valence-electron chi connectivity index (χ2n) is 4.27. The summed E-state index contributed by atoms with van der Waals surface area (Å²) in [6.07, 6.45) is 5.42. The average Bonchev–Trinajstić information content (AvgIpc) is 2.21. The lowest BCUT2D eigenvalue weighted by atomic mass is 9.70. The van der Waals surface area contributed by atoms with Gasteiger partial charge in [-0.2, -0.15) is 11.8 Å². The fraction of sp³-hybridized carbons (Fsp3) is 1.00. The van der Waals surface area contributed by atoms with E-state index in [0.29, 0.717) is 6.54 Å². The van der Waals surface area contributed by atoms with E-state index in [1.165, 1.54) is 12.8 Å². The van der Waals surface area contributed by atoms with Crippen LogP contribution in [0.25, 0.3) is 0 Å². The number of nitrogens with two attached hydrogens (primary N) is 1. The van der Waals surface area contributed by atoms with Crippen LogP contribution in [0.5, 0.6) is 0 Å². The smallest absolute Gasteiger partial charge is 0.0608 e. The van der Waals surface area contributed by atoms with E-state index in [1.807, 2.05) is 11.8 Å². The van der Waals surface area contributed by atoms with Crippen LogP contribution in [-0.2, 0) is 0 Å². The predicted molar refractivity (Wildman–Crippen MR) is 63.6 cm³/mol. The molecular weight excluding hydrogens is 194 g/mol. The Kier molecular flexibility index (Phi) is 5.28. The van der Waals surface area contributed by atoms with E-state index in [-0.39, 0.29) is 11.5 Å². The molecule has 0 radical (unpaired) electrons. The Labute approximate surface area is 91.6 Å². The topological polar surface area (TPSA) is 46.2 Å². The fourth-order valence-electron chi connectivity index (χ4n) is 2.34. The Balaban J connectivity index is 2.45. The van der Waals surface area contributed by atoms with Crippen LogP contribution in [0.15, 0.2) is 0 Å². The summed E-state index contributed by atoms with van der Waals surface area (Å²) < 4.78 is 0. The predicted octanol–water partition coefficient (Wildman–Crippen LogP) is 2.01. The quantitative estimate of drug-likeness (QED) is 0.693. The third kappa shape index (κ3) is 2.88. The van der Waals surface area contributed by atoms with Crippen LogP contribution >= 0.6 is 11.8 Å². The van der Waals surface area contributed by atoms with Crippen LogP contribution in [0, 0.1) is 5.41 Å². The molecule has 0 heterocycles. The van der Waals surface area contributed by atoms with Gasteiger partial charge in [-0.25, -0.2) is 0 Å². The highest BCUT2D eigenvalue weighted by Crippen LogP contribution is 2.39. The molecule has 1 fully saturated rings. The molecule has 0 aromatic carbocycles. The molecule has 14 heavy (non-hydrogen) atoms. The standard InChI is InChI=1S/C11H23NOS/c1-2-14-8-7-11(9-12)6-4-3-5-10(11)13/h10,13H,2-9,12H2,1H3. The minimum Gasteiger partial charge on any atom is -0.393 e. The summed E-state index contributed by atoms with van der Waals surface area (Å²) in [7, 11) is 0. The summed E-state index contributed by atoms with van der Waals surface area (Å²) >= 11 is 1.95. The van der Waals surface area contributed by atoms with Gasteiger partial charge in [0, 0.05) is 12.0 Å². The van der Waals surface area contributed by atoms with Crippen LogP contribution in [0.1, 0.15) is 39.0 Å². The van der Waals surface area contributed by atoms with Crippen molar-refractivity contribution in [2.45, 2.75) is 45.1 Å². The van der Waals surface area contributed by atoms with Crippen molar-refractivity contribution < 1.29 is 5.11 Å². The SMILES string of the molecule is CCSCCC1(CN)CCCCC1O. The van der Waals surface area contributed by atoms with Crippen LogP contribution in [-0.4, -0.2) is 29.3 Å². The van der Waals surface area contributed by atoms with Gasteiger partial charge in [-0.05, 0) is 30.8 Å². The number of thioether (sulfide) groups is 1. The molecule has 2 unspecified atom stereocenters. The number of rotatable bonds is 5. The van der Waals surface area contributed by atoms with Gasteiger partial charge in [-0.1, -0.05) is 19.8 Å². The summed E-state index contributed by atoms with van der Waals surface area (Å²) in [5.41, 5.74) is 5.88. The lowest BCUT2D eigenvalue weighted by Gasteiger charge is -2.40. The zero-order valence-corrected chi connectivity index (χ0v) is 9.98. The molecule has 1 saturated carbocycles. The Morgan fingerprint density at radius 3 is 2.86 bits per heavy atom. The number of aliphatic hydroxyl groups is 1. The molecule has 1 rings (SSSR count). The summed E-state index contributed by atoms with van der Waals surface area (Å²) in [5, 5.41) is 10.0. The van der Waals surface area contributed by atoms with Gasteiger partial charge in [0.2, 0.25) is 0 Å².